The number of nitrogens with zero attached hydrogens (tertiary/aromatic N) is 4. The van der Waals surface area contributed by atoms with E-state index in [1.54, 1.807) is 17.5 Å². The number of piperazine rings is 1. The van der Waals surface area contributed by atoms with Crippen LogP contribution >= 0.6 is 23.6 Å². The maximum atomic E-state index is 12.4. The molecule has 2 saturated heterocycles. The Labute approximate surface area is 197 Å². The van der Waals surface area contributed by atoms with Crippen LogP contribution in [-0.4, -0.2) is 89.5 Å². The van der Waals surface area contributed by atoms with E-state index in [9.17, 15) is 9.59 Å². The first kappa shape index (κ1) is 22.9. The van der Waals surface area contributed by atoms with Gasteiger partial charge >= 0.3 is 5.97 Å². The fourth-order valence-electron chi connectivity index (χ4n) is 4.45. The molecule has 4 heterocycles. The van der Waals surface area contributed by atoms with Crippen molar-refractivity contribution >= 4 is 46.6 Å². The molecule has 3 aliphatic rings. The zero-order valence-electron chi connectivity index (χ0n) is 18.7. The minimum Gasteiger partial charge on any atom is -0.466 e. The maximum Gasteiger partial charge on any atom is 0.335 e. The van der Waals surface area contributed by atoms with Crippen LogP contribution in [0.2, 0.25) is 0 Å². The van der Waals surface area contributed by atoms with E-state index in [0.29, 0.717) is 25.1 Å². The number of carbonyl (C=O) groups is 2. The molecule has 0 bridgehead atoms. The van der Waals surface area contributed by atoms with Crippen LogP contribution in [-0.2, 0) is 14.3 Å². The van der Waals surface area contributed by atoms with Crippen molar-refractivity contribution in [2.45, 2.75) is 26.3 Å². The third kappa shape index (κ3) is 4.72. The summed E-state index contributed by atoms with van der Waals surface area (Å²) in [5.74, 6) is -0.301. The molecule has 10 heteroatoms. The summed E-state index contributed by atoms with van der Waals surface area (Å²) >= 11 is 7.27. The van der Waals surface area contributed by atoms with Crippen LogP contribution in [0.4, 0.5) is 0 Å². The Bertz CT molecular complexity index is 957. The van der Waals surface area contributed by atoms with Gasteiger partial charge in [-0.1, -0.05) is 19.9 Å². The number of thiazole rings is 1. The van der Waals surface area contributed by atoms with Crippen molar-refractivity contribution in [2.24, 2.45) is 5.41 Å². The summed E-state index contributed by atoms with van der Waals surface area (Å²) in [4.78, 5) is 35.0. The summed E-state index contributed by atoms with van der Waals surface area (Å²) in [6, 6.07) is 0.276. The number of esters is 1. The average molecular weight is 476 g/mol. The number of allylic oxidation sites excluding steroid dienone is 1. The Morgan fingerprint density at radius 1 is 1.41 bits per heavy atom. The molecule has 0 spiro atoms. The summed E-state index contributed by atoms with van der Waals surface area (Å²) < 4.78 is 5.03. The van der Waals surface area contributed by atoms with E-state index in [1.807, 2.05) is 25.3 Å². The summed E-state index contributed by atoms with van der Waals surface area (Å²) in [7, 11) is 1.42. The first-order valence-corrected chi connectivity index (χ1v) is 12.0. The van der Waals surface area contributed by atoms with Crippen molar-refractivity contribution in [3.63, 3.8) is 0 Å². The minimum absolute atomic E-state index is 0.276. The quantitative estimate of drug-likeness (QED) is 0.360. The van der Waals surface area contributed by atoms with Gasteiger partial charge in [0, 0.05) is 68.4 Å². The van der Waals surface area contributed by atoms with E-state index in [-0.39, 0.29) is 12.0 Å². The topological polar surface area (TPSA) is 78.0 Å². The largest absolute Gasteiger partial charge is 0.466 e. The second-order valence-electron chi connectivity index (χ2n) is 9.08. The first-order valence-electron chi connectivity index (χ1n) is 10.7. The third-order valence-corrected chi connectivity index (χ3v) is 7.37. The van der Waals surface area contributed by atoms with Crippen molar-refractivity contribution in [1.82, 2.24) is 25.0 Å². The van der Waals surface area contributed by atoms with Gasteiger partial charge in [0.1, 0.15) is 11.3 Å². The van der Waals surface area contributed by atoms with Crippen LogP contribution in [0, 0.1) is 5.41 Å². The number of methoxy groups -OCH3 is 1. The van der Waals surface area contributed by atoms with E-state index < -0.39 is 5.41 Å². The third-order valence-electron chi connectivity index (χ3n) is 6.07. The number of fused-ring (bicyclic) bond motifs is 1. The van der Waals surface area contributed by atoms with Gasteiger partial charge in [0.15, 0.2) is 5.11 Å². The molecule has 0 amide bonds. The molecule has 4 rings (SSSR count). The fraction of sp³-hybridized carbons (Fsp3) is 0.545. The Morgan fingerprint density at radius 3 is 2.91 bits per heavy atom. The summed E-state index contributed by atoms with van der Waals surface area (Å²) in [6.07, 6.45) is 5.30. The number of nitrogens with one attached hydrogen (secondary N) is 1. The molecule has 1 aromatic heterocycles. The highest BCUT2D eigenvalue weighted by atomic mass is 32.1. The molecule has 0 aromatic carbocycles. The van der Waals surface area contributed by atoms with E-state index in [1.165, 1.54) is 7.11 Å². The standard InChI is InChI=1S/C22H29N5O3S2/c1-22(2,14-28)13-26-11-15-10-25(7-8-27(15)21(26)31)12-18-16(20(29)30-3)4-5-17(24-18)19-23-6-9-32-19/h5-6,9,14-15,24H,4,7-8,10-13H2,1-3H3. The van der Waals surface area contributed by atoms with Gasteiger partial charge in [0.25, 0.3) is 0 Å². The fourth-order valence-corrected chi connectivity index (χ4v) is 5.46. The lowest BCUT2D eigenvalue weighted by Gasteiger charge is -2.38. The van der Waals surface area contributed by atoms with Crippen LogP contribution < -0.4 is 5.32 Å². The zero-order valence-corrected chi connectivity index (χ0v) is 20.3. The van der Waals surface area contributed by atoms with Crippen molar-refractivity contribution in [3.05, 3.63) is 33.9 Å². The lowest BCUT2D eigenvalue weighted by Crippen LogP contribution is -2.53. The molecule has 0 radical (unpaired) electrons. The normalized spacial score (nSPS) is 21.9. The Balaban J connectivity index is 1.45. The van der Waals surface area contributed by atoms with E-state index >= 15 is 0 Å². The predicted molar refractivity (Wildman–Crippen MR) is 128 cm³/mol. The SMILES string of the molecule is COC(=O)C1=C(CN2CCN3C(=S)N(CC(C)(C)C=O)CC3C2)NC(c2nccs2)=CC1. The molecule has 1 atom stereocenters. The molecule has 1 aromatic rings. The Morgan fingerprint density at radius 2 is 2.22 bits per heavy atom. The van der Waals surface area contributed by atoms with Gasteiger partial charge in [-0.15, -0.1) is 11.3 Å². The molecule has 172 valence electrons. The molecular formula is C22H29N5O3S2. The first-order chi connectivity index (χ1) is 15.3. The summed E-state index contributed by atoms with van der Waals surface area (Å²) in [6.45, 7) is 8.47. The lowest BCUT2D eigenvalue weighted by molar-refractivity contribution is -0.136. The second-order valence-corrected chi connectivity index (χ2v) is 10.3. The van der Waals surface area contributed by atoms with Crippen molar-refractivity contribution in [1.29, 1.82) is 0 Å². The monoisotopic (exact) mass is 475 g/mol. The molecule has 1 unspecified atom stereocenters. The summed E-state index contributed by atoms with van der Waals surface area (Å²) in [5.41, 5.74) is 2.04. The van der Waals surface area contributed by atoms with Gasteiger partial charge in [-0.3, -0.25) is 4.90 Å². The van der Waals surface area contributed by atoms with Crippen LogP contribution in [0.1, 0.15) is 25.3 Å². The van der Waals surface area contributed by atoms with Gasteiger partial charge < -0.3 is 24.6 Å². The molecule has 1 N–H and O–H groups in total. The molecule has 8 nitrogen and oxygen atoms in total. The molecule has 3 aliphatic heterocycles. The van der Waals surface area contributed by atoms with Gasteiger partial charge in [-0.25, -0.2) is 9.78 Å². The second kappa shape index (κ2) is 9.29. The van der Waals surface area contributed by atoms with Gasteiger partial charge in [0.2, 0.25) is 0 Å². The van der Waals surface area contributed by atoms with E-state index in [4.69, 9.17) is 17.0 Å². The van der Waals surface area contributed by atoms with E-state index in [0.717, 1.165) is 54.0 Å². The highest BCUT2D eigenvalue weighted by molar-refractivity contribution is 7.80. The number of carbonyl (C=O) groups excluding carboxylic acids is 2. The lowest BCUT2D eigenvalue weighted by atomic mass is 9.95. The molecule has 0 aliphatic carbocycles. The van der Waals surface area contributed by atoms with Crippen molar-refractivity contribution in [3.8, 4) is 0 Å². The highest BCUT2D eigenvalue weighted by Gasteiger charge is 2.40. The number of hydrogen-bond acceptors (Lipinski definition) is 8. The molecule has 2 fully saturated rings. The van der Waals surface area contributed by atoms with Crippen LogP contribution in [0.25, 0.3) is 5.70 Å². The number of aldehydes is 1. The van der Waals surface area contributed by atoms with Gasteiger partial charge in [-0.05, 0) is 12.2 Å². The molecule has 0 saturated carbocycles. The molecular weight excluding hydrogens is 446 g/mol. The summed E-state index contributed by atoms with van der Waals surface area (Å²) in [5, 5.41) is 7.13. The highest BCUT2D eigenvalue weighted by Crippen LogP contribution is 2.28. The number of dihydropyridines is 1. The number of rotatable bonds is 7. The number of aromatic nitrogens is 1. The smallest absolute Gasteiger partial charge is 0.335 e. The van der Waals surface area contributed by atoms with Crippen LogP contribution in [0.15, 0.2) is 28.9 Å². The number of thiocarbonyl (C=S) groups is 1. The van der Waals surface area contributed by atoms with Gasteiger partial charge in [-0.2, -0.15) is 0 Å². The van der Waals surface area contributed by atoms with Crippen LogP contribution in [0.3, 0.4) is 0 Å². The molecule has 32 heavy (non-hydrogen) atoms. The maximum absolute atomic E-state index is 12.4. The van der Waals surface area contributed by atoms with Crippen LogP contribution in [0.5, 0.6) is 0 Å². The van der Waals surface area contributed by atoms with Gasteiger partial charge in [0.05, 0.1) is 24.4 Å². The number of hydrogen-bond donors (Lipinski definition) is 1. The zero-order chi connectivity index (χ0) is 22.9. The number of ether oxygens (including phenoxy) is 1. The van der Waals surface area contributed by atoms with E-state index in [2.05, 4.69) is 25.0 Å². The average Bonchev–Trinajstić information content (AvgIpc) is 3.42. The Kier molecular flexibility index (Phi) is 6.64. The van der Waals surface area contributed by atoms with Crippen molar-refractivity contribution in [2.75, 3.05) is 46.4 Å². The Hall–Kier alpha value is -2.30. The minimum atomic E-state index is -0.427. The van der Waals surface area contributed by atoms with Crippen molar-refractivity contribution < 1.29 is 14.3 Å². The predicted octanol–water partition coefficient (Wildman–Crippen LogP) is 1.72.